The highest BCUT2D eigenvalue weighted by Crippen LogP contribution is 2.10. The van der Waals surface area contributed by atoms with Crippen molar-refractivity contribution < 1.29 is 15.0 Å². The normalized spacial score (nSPS) is 12.1. The summed E-state index contributed by atoms with van der Waals surface area (Å²) in [6.07, 6.45) is 2.20. The highest BCUT2D eigenvalue weighted by molar-refractivity contribution is 5.67. The van der Waals surface area contributed by atoms with E-state index in [4.69, 9.17) is 5.11 Å². The minimum absolute atomic E-state index is 0.241. The third-order valence-electron chi connectivity index (χ3n) is 2.00. The van der Waals surface area contributed by atoms with Crippen molar-refractivity contribution in [3.63, 3.8) is 0 Å². The van der Waals surface area contributed by atoms with E-state index in [9.17, 15) is 9.90 Å². The van der Waals surface area contributed by atoms with Crippen LogP contribution in [0.25, 0.3) is 0 Å². The number of pyridine rings is 1. The predicted octanol–water partition coefficient (Wildman–Crippen LogP) is 0.353. The molecule has 0 saturated heterocycles. The molecule has 1 heterocycles. The number of carbonyl (C=O) groups is 1. The molecule has 1 aromatic heterocycles. The Labute approximate surface area is 88.0 Å². The molecule has 0 spiro atoms. The van der Waals surface area contributed by atoms with Crippen molar-refractivity contribution in [2.24, 2.45) is 0 Å². The topological polar surface area (TPSA) is 73.7 Å². The maximum Gasteiger partial charge on any atom is 0.306 e. The van der Waals surface area contributed by atoms with E-state index in [0.29, 0.717) is 0 Å². The SMILES string of the molecule is CN(CC(O)CC(=O)O)c1ccncc1. The van der Waals surface area contributed by atoms with Gasteiger partial charge in [-0.2, -0.15) is 0 Å². The van der Waals surface area contributed by atoms with Crippen LogP contribution >= 0.6 is 0 Å². The van der Waals surface area contributed by atoms with Gasteiger partial charge >= 0.3 is 5.97 Å². The maximum absolute atomic E-state index is 10.3. The Kier molecular flexibility index (Phi) is 4.05. The zero-order chi connectivity index (χ0) is 11.3. The quantitative estimate of drug-likeness (QED) is 0.733. The van der Waals surface area contributed by atoms with Crippen molar-refractivity contribution in [1.82, 2.24) is 4.98 Å². The lowest BCUT2D eigenvalue weighted by molar-refractivity contribution is -0.139. The minimum atomic E-state index is -0.995. The van der Waals surface area contributed by atoms with Crippen LogP contribution < -0.4 is 4.90 Å². The zero-order valence-electron chi connectivity index (χ0n) is 8.50. The van der Waals surface area contributed by atoms with E-state index in [1.807, 2.05) is 0 Å². The molecular formula is C10H14N2O3. The number of aliphatic hydroxyl groups excluding tert-OH is 1. The van der Waals surface area contributed by atoms with Gasteiger partial charge in [-0.15, -0.1) is 0 Å². The first-order valence-electron chi connectivity index (χ1n) is 4.60. The minimum Gasteiger partial charge on any atom is -0.481 e. The van der Waals surface area contributed by atoms with Crippen molar-refractivity contribution in [1.29, 1.82) is 0 Å². The fraction of sp³-hybridized carbons (Fsp3) is 0.400. The number of likely N-dealkylation sites (N-methyl/N-ethyl adjacent to an activating group) is 1. The van der Waals surface area contributed by atoms with E-state index in [1.54, 1.807) is 36.5 Å². The summed E-state index contributed by atoms with van der Waals surface area (Å²) in [5.74, 6) is -0.995. The number of aliphatic carboxylic acids is 1. The summed E-state index contributed by atoms with van der Waals surface area (Å²) in [6, 6.07) is 3.60. The highest BCUT2D eigenvalue weighted by Gasteiger charge is 2.12. The first kappa shape index (κ1) is 11.5. The number of nitrogens with zero attached hydrogens (tertiary/aromatic N) is 2. The first-order chi connectivity index (χ1) is 7.09. The molecule has 82 valence electrons. The summed E-state index contributed by atoms with van der Waals surface area (Å²) in [4.78, 5) is 16.0. The highest BCUT2D eigenvalue weighted by atomic mass is 16.4. The van der Waals surface area contributed by atoms with Crippen molar-refractivity contribution >= 4 is 11.7 Å². The van der Waals surface area contributed by atoms with Crippen LogP contribution in [0.1, 0.15) is 6.42 Å². The molecule has 0 aliphatic heterocycles. The van der Waals surface area contributed by atoms with Crippen molar-refractivity contribution in [2.45, 2.75) is 12.5 Å². The van der Waals surface area contributed by atoms with Gasteiger partial charge in [-0.05, 0) is 12.1 Å². The molecule has 0 aliphatic carbocycles. The van der Waals surface area contributed by atoms with Gasteiger partial charge in [-0.1, -0.05) is 0 Å². The summed E-state index contributed by atoms with van der Waals surface area (Å²) >= 11 is 0. The van der Waals surface area contributed by atoms with Crippen LogP contribution in [-0.4, -0.2) is 40.9 Å². The molecule has 5 heteroatoms. The van der Waals surface area contributed by atoms with Gasteiger partial charge in [0.2, 0.25) is 0 Å². The molecule has 0 radical (unpaired) electrons. The van der Waals surface area contributed by atoms with Crippen LogP contribution in [0, 0.1) is 0 Å². The Morgan fingerprint density at radius 3 is 2.67 bits per heavy atom. The molecule has 1 aromatic rings. The number of aromatic nitrogens is 1. The molecule has 1 rings (SSSR count). The second-order valence-corrected chi connectivity index (χ2v) is 3.34. The lowest BCUT2D eigenvalue weighted by Gasteiger charge is -2.21. The van der Waals surface area contributed by atoms with E-state index >= 15 is 0 Å². The summed E-state index contributed by atoms with van der Waals surface area (Å²) in [7, 11) is 1.79. The van der Waals surface area contributed by atoms with Crippen LogP contribution in [-0.2, 0) is 4.79 Å². The molecule has 1 atom stereocenters. The van der Waals surface area contributed by atoms with Gasteiger partial charge in [-0.25, -0.2) is 0 Å². The van der Waals surface area contributed by atoms with Gasteiger partial charge in [-0.3, -0.25) is 9.78 Å². The van der Waals surface area contributed by atoms with Crippen molar-refractivity contribution in [2.75, 3.05) is 18.5 Å². The summed E-state index contributed by atoms with van der Waals surface area (Å²) < 4.78 is 0. The van der Waals surface area contributed by atoms with E-state index in [1.165, 1.54) is 0 Å². The first-order valence-corrected chi connectivity index (χ1v) is 4.60. The van der Waals surface area contributed by atoms with E-state index in [0.717, 1.165) is 5.69 Å². The van der Waals surface area contributed by atoms with E-state index in [2.05, 4.69) is 4.98 Å². The number of aliphatic hydroxyl groups is 1. The van der Waals surface area contributed by atoms with Gasteiger partial charge in [0.1, 0.15) is 0 Å². The largest absolute Gasteiger partial charge is 0.481 e. The lowest BCUT2D eigenvalue weighted by atomic mass is 10.2. The van der Waals surface area contributed by atoms with Gasteiger partial charge in [0.05, 0.1) is 12.5 Å². The molecule has 0 saturated carbocycles. The Morgan fingerprint density at radius 2 is 2.13 bits per heavy atom. The van der Waals surface area contributed by atoms with Crippen LogP contribution in [0.3, 0.4) is 0 Å². The van der Waals surface area contributed by atoms with E-state index < -0.39 is 12.1 Å². The third kappa shape index (κ3) is 3.95. The van der Waals surface area contributed by atoms with Crippen LogP contribution in [0.5, 0.6) is 0 Å². The second kappa shape index (κ2) is 5.31. The van der Waals surface area contributed by atoms with Gasteiger partial charge in [0.15, 0.2) is 0 Å². The fourth-order valence-electron chi connectivity index (χ4n) is 1.29. The Morgan fingerprint density at radius 1 is 1.53 bits per heavy atom. The zero-order valence-corrected chi connectivity index (χ0v) is 8.50. The second-order valence-electron chi connectivity index (χ2n) is 3.34. The van der Waals surface area contributed by atoms with Crippen molar-refractivity contribution in [3.8, 4) is 0 Å². The van der Waals surface area contributed by atoms with Gasteiger partial charge in [0, 0.05) is 31.7 Å². The van der Waals surface area contributed by atoms with Crippen molar-refractivity contribution in [3.05, 3.63) is 24.5 Å². The smallest absolute Gasteiger partial charge is 0.306 e. The fourth-order valence-corrected chi connectivity index (χ4v) is 1.29. The van der Waals surface area contributed by atoms with Crippen LogP contribution in [0.2, 0.25) is 0 Å². The van der Waals surface area contributed by atoms with Crippen LogP contribution in [0.4, 0.5) is 5.69 Å². The molecule has 5 nitrogen and oxygen atoms in total. The number of hydrogen-bond acceptors (Lipinski definition) is 4. The number of hydrogen-bond donors (Lipinski definition) is 2. The molecule has 2 N–H and O–H groups in total. The average Bonchev–Trinajstić information content (AvgIpc) is 2.17. The summed E-state index contributed by atoms with van der Waals surface area (Å²) in [5.41, 5.74) is 0.898. The number of carboxylic acids is 1. The third-order valence-corrected chi connectivity index (χ3v) is 2.00. The maximum atomic E-state index is 10.3. The predicted molar refractivity (Wildman–Crippen MR) is 55.8 cm³/mol. The Bertz CT molecular complexity index is 316. The number of anilines is 1. The molecule has 0 bridgehead atoms. The van der Waals surface area contributed by atoms with E-state index in [-0.39, 0.29) is 13.0 Å². The molecule has 0 fully saturated rings. The molecule has 15 heavy (non-hydrogen) atoms. The average molecular weight is 210 g/mol. The molecular weight excluding hydrogens is 196 g/mol. The summed E-state index contributed by atoms with van der Waals surface area (Å²) in [6.45, 7) is 0.288. The molecule has 1 unspecified atom stereocenters. The molecule has 0 aromatic carbocycles. The Hall–Kier alpha value is -1.62. The monoisotopic (exact) mass is 210 g/mol. The number of carboxylic acid groups (broad SMARTS) is 1. The Balaban J connectivity index is 2.49. The van der Waals surface area contributed by atoms with Gasteiger partial charge in [0.25, 0.3) is 0 Å². The molecule has 0 amide bonds. The lowest BCUT2D eigenvalue weighted by Crippen LogP contribution is -2.30. The van der Waals surface area contributed by atoms with Crippen LogP contribution in [0.15, 0.2) is 24.5 Å². The molecule has 0 aliphatic rings. The van der Waals surface area contributed by atoms with Gasteiger partial charge < -0.3 is 15.1 Å². The summed E-state index contributed by atoms with van der Waals surface area (Å²) in [5, 5.41) is 17.9. The number of rotatable bonds is 5. The standard InChI is InChI=1S/C10H14N2O3/c1-12(7-9(13)6-10(14)15)8-2-4-11-5-3-8/h2-5,9,13H,6-7H2,1H3,(H,14,15).